The Labute approximate surface area is 150 Å². The van der Waals surface area contributed by atoms with Crippen LogP contribution in [0.15, 0.2) is 28.7 Å². The van der Waals surface area contributed by atoms with Gasteiger partial charge in [0.1, 0.15) is 5.75 Å². The highest BCUT2D eigenvalue weighted by molar-refractivity contribution is 14.1. The van der Waals surface area contributed by atoms with Gasteiger partial charge >= 0.3 is 0 Å². The number of nitrogens with zero attached hydrogens (tertiary/aromatic N) is 1. The molecule has 22 heavy (non-hydrogen) atoms. The molecule has 0 spiro atoms. The summed E-state index contributed by atoms with van der Waals surface area (Å²) in [6, 6.07) is 5.33. The van der Waals surface area contributed by atoms with Gasteiger partial charge in [0.25, 0.3) is 6.43 Å². The Balaban J connectivity index is 2.37. The van der Waals surface area contributed by atoms with Crippen LogP contribution in [-0.4, -0.2) is 34.3 Å². The summed E-state index contributed by atoms with van der Waals surface area (Å²) in [6.45, 7) is 1.83. The van der Waals surface area contributed by atoms with E-state index >= 15 is 0 Å². The minimum Gasteiger partial charge on any atom is -0.494 e. The van der Waals surface area contributed by atoms with Crippen molar-refractivity contribution in [2.45, 2.75) is 23.7 Å². The molecule has 0 radical (unpaired) electrons. The highest BCUT2D eigenvalue weighted by Crippen LogP contribution is 2.35. The second-order valence-corrected chi connectivity index (χ2v) is 7.07. The molecular formula is C15H15BrF2INO2. The van der Waals surface area contributed by atoms with E-state index in [0.717, 1.165) is 0 Å². The van der Waals surface area contributed by atoms with E-state index in [2.05, 4.69) is 15.9 Å². The lowest BCUT2D eigenvalue weighted by Crippen LogP contribution is -2.40. The maximum atomic E-state index is 12.8. The minimum atomic E-state index is -2.57. The minimum absolute atomic E-state index is 0.279. The van der Waals surface area contributed by atoms with E-state index in [1.54, 1.807) is 18.2 Å². The van der Waals surface area contributed by atoms with Crippen molar-refractivity contribution in [1.82, 2.24) is 4.90 Å². The average Bonchev–Trinajstić information content (AvgIpc) is 2.45. The second kappa shape index (κ2) is 7.72. The molecule has 0 aliphatic carbocycles. The fourth-order valence-electron chi connectivity index (χ4n) is 2.26. The zero-order chi connectivity index (χ0) is 16.3. The first kappa shape index (κ1) is 17.7. The smallest absolute Gasteiger partial charge is 0.256 e. The summed E-state index contributed by atoms with van der Waals surface area (Å²) in [5, 5.41) is 0. The summed E-state index contributed by atoms with van der Waals surface area (Å²) < 4.78 is 31.5. The van der Waals surface area contributed by atoms with Crippen molar-refractivity contribution < 1.29 is 18.3 Å². The van der Waals surface area contributed by atoms with Gasteiger partial charge < -0.3 is 9.64 Å². The first-order chi connectivity index (χ1) is 10.4. The molecule has 3 nitrogen and oxygen atoms in total. The van der Waals surface area contributed by atoms with Crippen molar-refractivity contribution in [1.29, 1.82) is 0 Å². The topological polar surface area (TPSA) is 29.5 Å². The van der Waals surface area contributed by atoms with Crippen LogP contribution in [0.1, 0.15) is 18.9 Å². The number of hydrogen-bond acceptors (Lipinski definition) is 2. The fourth-order valence-corrected chi connectivity index (χ4v) is 3.41. The maximum Gasteiger partial charge on any atom is 0.256 e. The van der Waals surface area contributed by atoms with E-state index in [9.17, 15) is 13.6 Å². The Morgan fingerprint density at radius 3 is 2.82 bits per heavy atom. The van der Waals surface area contributed by atoms with Crippen LogP contribution in [0.4, 0.5) is 8.78 Å². The van der Waals surface area contributed by atoms with Crippen molar-refractivity contribution in [2.75, 3.05) is 13.2 Å². The normalized spacial score (nSPS) is 18.6. The summed E-state index contributed by atoms with van der Waals surface area (Å²) in [5.41, 5.74) is 1.23. The van der Waals surface area contributed by atoms with Crippen molar-refractivity contribution >= 4 is 50.1 Å². The summed E-state index contributed by atoms with van der Waals surface area (Å²) >= 11 is 5.42. The summed E-state index contributed by atoms with van der Waals surface area (Å²) in [4.78, 5) is 13.4. The van der Waals surface area contributed by atoms with E-state index in [0.29, 0.717) is 34.5 Å². The van der Waals surface area contributed by atoms with Crippen LogP contribution in [0.5, 0.6) is 5.75 Å². The molecule has 0 bridgehead atoms. The molecule has 1 amide bonds. The lowest BCUT2D eigenvalue weighted by atomic mass is 10.0. The Bertz CT molecular complexity index is 595. The molecular weight excluding hydrogens is 471 g/mol. The number of hydrogen-bond donors (Lipinski definition) is 0. The van der Waals surface area contributed by atoms with Crippen LogP contribution in [-0.2, 0) is 4.79 Å². The average molecular weight is 486 g/mol. The number of ether oxygens (including phenoxy) is 1. The molecule has 0 aromatic heterocycles. The fraction of sp³-hybridized carbons (Fsp3) is 0.400. The molecule has 0 saturated heterocycles. The maximum absolute atomic E-state index is 12.8. The van der Waals surface area contributed by atoms with Crippen LogP contribution >= 0.6 is 38.5 Å². The highest BCUT2D eigenvalue weighted by Gasteiger charge is 2.31. The number of allylic oxidation sites excluding steroid dienone is 1. The number of alkyl halides is 3. The molecule has 1 unspecified atom stereocenters. The van der Waals surface area contributed by atoms with Gasteiger partial charge in [-0.3, -0.25) is 4.79 Å². The SMILES string of the molecule is CCOc1ccc(C2=CCC(I)C(=O)N2CC(F)F)c(Br)c1. The van der Waals surface area contributed by atoms with E-state index in [1.807, 2.05) is 35.6 Å². The van der Waals surface area contributed by atoms with Crippen molar-refractivity contribution in [3.05, 3.63) is 34.3 Å². The van der Waals surface area contributed by atoms with Gasteiger partial charge in [-0.2, -0.15) is 0 Å². The predicted molar refractivity (Wildman–Crippen MR) is 93.4 cm³/mol. The standard InChI is InChI=1S/C15H15BrF2INO2/c1-2-22-9-3-4-10(11(16)7-9)13-6-5-12(19)15(21)20(13)8-14(17)18/h3-4,6-7,12,14H,2,5,8H2,1H3. The largest absolute Gasteiger partial charge is 0.494 e. The Hall–Kier alpha value is -0.700. The number of carbonyl (C=O) groups is 1. The van der Waals surface area contributed by atoms with Crippen molar-refractivity contribution in [3.63, 3.8) is 0 Å². The molecule has 1 aliphatic rings. The molecule has 120 valence electrons. The van der Waals surface area contributed by atoms with E-state index < -0.39 is 13.0 Å². The van der Waals surface area contributed by atoms with Crippen LogP contribution in [0.25, 0.3) is 5.70 Å². The first-order valence-corrected chi connectivity index (χ1v) is 8.84. The van der Waals surface area contributed by atoms with Gasteiger partial charge in [0.05, 0.1) is 17.1 Å². The molecule has 7 heteroatoms. The Kier molecular flexibility index (Phi) is 6.19. The Morgan fingerprint density at radius 1 is 1.50 bits per heavy atom. The number of rotatable bonds is 5. The number of amides is 1. The molecule has 1 heterocycles. The lowest BCUT2D eigenvalue weighted by Gasteiger charge is -2.31. The molecule has 1 aromatic carbocycles. The number of carbonyl (C=O) groups excluding carboxylic acids is 1. The quantitative estimate of drug-likeness (QED) is 0.454. The van der Waals surface area contributed by atoms with Gasteiger partial charge in [0.15, 0.2) is 0 Å². The van der Waals surface area contributed by atoms with Gasteiger partial charge in [0.2, 0.25) is 5.91 Å². The molecule has 2 rings (SSSR count). The third kappa shape index (κ3) is 3.98. The van der Waals surface area contributed by atoms with Crippen LogP contribution in [0.2, 0.25) is 0 Å². The molecule has 1 aromatic rings. The molecule has 1 atom stereocenters. The second-order valence-electron chi connectivity index (χ2n) is 4.71. The highest BCUT2D eigenvalue weighted by atomic mass is 127. The van der Waals surface area contributed by atoms with Crippen molar-refractivity contribution in [3.8, 4) is 5.75 Å². The van der Waals surface area contributed by atoms with E-state index in [-0.39, 0.29) is 9.83 Å². The molecule has 0 saturated carbocycles. The zero-order valence-electron chi connectivity index (χ0n) is 11.9. The molecule has 0 fully saturated rings. The predicted octanol–water partition coefficient (Wildman–Crippen LogP) is 4.49. The van der Waals surface area contributed by atoms with E-state index in [1.165, 1.54) is 4.90 Å². The molecule has 1 aliphatic heterocycles. The van der Waals surface area contributed by atoms with E-state index in [4.69, 9.17) is 4.74 Å². The van der Waals surface area contributed by atoms with Crippen molar-refractivity contribution in [2.24, 2.45) is 0 Å². The number of benzene rings is 1. The monoisotopic (exact) mass is 485 g/mol. The Morgan fingerprint density at radius 2 is 2.23 bits per heavy atom. The van der Waals surface area contributed by atoms with Gasteiger partial charge in [-0.15, -0.1) is 0 Å². The van der Waals surface area contributed by atoms with Crippen LogP contribution < -0.4 is 4.74 Å². The lowest BCUT2D eigenvalue weighted by molar-refractivity contribution is -0.128. The van der Waals surface area contributed by atoms with Crippen LogP contribution in [0.3, 0.4) is 0 Å². The third-order valence-corrected chi connectivity index (χ3v) is 4.89. The van der Waals surface area contributed by atoms with Crippen LogP contribution in [0, 0.1) is 0 Å². The molecule has 0 N–H and O–H groups in total. The zero-order valence-corrected chi connectivity index (χ0v) is 15.6. The summed E-state index contributed by atoms with van der Waals surface area (Å²) in [7, 11) is 0. The van der Waals surface area contributed by atoms with Gasteiger partial charge in [-0.1, -0.05) is 28.7 Å². The third-order valence-electron chi connectivity index (χ3n) is 3.19. The van der Waals surface area contributed by atoms with Gasteiger partial charge in [0, 0.05) is 15.7 Å². The summed E-state index contributed by atoms with van der Waals surface area (Å²) in [6.07, 6.45) is -0.203. The van der Waals surface area contributed by atoms with Gasteiger partial charge in [-0.25, -0.2) is 8.78 Å². The van der Waals surface area contributed by atoms with Gasteiger partial charge in [-0.05, 0) is 47.5 Å². The first-order valence-electron chi connectivity index (χ1n) is 6.80. The summed E-state index contributed by atoms with van der Waals surface area (Å²) in [5.74, 6) is 0.409. The number of halogens is 4.